The Balaban J connectivity index is -0.000000205. The topological polar surface area (TPSA) is 74.6 Å². The van der Waals surface area contributed by atoms with Gasteiger partial charge in [-0.25, -0.2) is 0 Å². The standard InChI is InChI=1S/2C16H32O2.2C8H18.Sn/c2*1-2-3-4-5-6-7-8-9-10-11-12-13-14-15-16(17)18;2*1-3-5-7-8-6-4-2;/h2*2-15H2,1H3,(H,17,18);2*3-8H2,1-2H3;. The van der Waals surface area contributed by atoms with Gasteiger partial charge >= 0.3 is 11.9 Å². The molecule has 5 heteroatoms. The van der Waals surface area contributed by atoms with Crippen LogP contribution in [0.4, 0.5) is 0 Å². The van der Waals surface area contributed by atoms with E-state index in [4.69, 9.17) is 10.2 Å². The smallest absolute Gasteiger partial charge is 0.303 e. The largest absolute Gasteiger partial charge is 0.481 e. The number of aliphatic carboxylic acids is 2. The Labute approximate surface area is 352 Å². The molecular weight excluding hydrogens is 759 g/mol. The molecule has 4 nitrogen and oxygen atoms in total. The third kappa shape index (κ3) is 81.1. The first-order chi connectivity index (χ1) is 25.4. The molecule has 0 amide bonds. The Kier molecular flexibility index (Phi) is 74.4. The van der Waals surface area contributed by atoms with Crippen LogP contribution in [0.25, 0.3) is 0 Å². The van der Waals surface area contributed by atoms with Crippen molar-refractivity contribution in [1.29, 1.82) is 0 Å². The molecule has 2 N–H and O–H groups in total. The molecule has 0 heterocycles. The Morgan fingerprint density at radius 1 is 0.245 bits per heavy atom. The van der Waals surface area contributed by atoms with Crippen molar-refractivity contribution >= 4 is 35.8 Å². The van der Waals surface area contributed by atoms with Gasteiger partial charge in [0.2, 0.25) is 0 Å². The summed E-state index contributed by atoms with van der Waals surface area (Å²) in [5, 5.41) is 17.0. The van der Waals surface area contributed by atoms with Gasteiger partial charge in [0.15, 0.2) is 0 Å². The molecule has 53 heavy (non-hydrogen) atoms. The maximum absolute atomic E-state index is 10.3. The second kappa shape index (κ2) is 63.7. The molecule has 0 aromatic heterocycles. The number of carbonyl (C=O) groups is 2. The van der Waals surface area contributed by atoms with Crippen LogP contribution in [0.3, 0.4) is 0 Å². The number of carboxylic acid groups (broad SMARTS) is 2. The summed E-state index contributed by atoms with van der Waals surface area (Å²) in [5.74, 6) is -1.31. The van der Waals surface area contributed by atoms with Crippen LogP contribution in [-0.4, -0.2) is 46.1 Å². The molecule has 0 aliphatic carbocycles. The van der Waals surface area contributed by atoms with Crippen molar-refractivity contribution in [2.45, 2.75) is 298 Å². The summed E-state index contributed by atoms with van der Waals surface area (Å²) in [5.41, 5.74) is 0. The first kappa shape index (κ1) is 61.9. The van der Waals surface area contributed by atoms with Gasteiger partial charge < -0.3 is 10.2 Å². The Hall–Kier alpha value is -0.261. The van der Waals surface area contributed by atoms with E-state index in [1.807, 2.05) is 0 Å². The van der Waals surface area contributed by atoms with Crippen LogP contribution in [0.15, 0.2) is 0 Å². The molecule has 0 atom stereocenters. The molecule has 0 rings (SSSR count). The summed E-state index contributed by atoms with van der Waals surface area (Å²) in [6.45, 7) is 13.5. The zero-order valence-electron chi connectivity index (χ0n) is 37.5. The molecular formula is C48H100O4Sn. The van der Waals surface area contributed by atoms with Gasteiger partial charge in [0.1, 0.15) is 0 Å². The molecule has 0 saturated heterocycles. The van der Waals surface area contributed by atoms with Crippen LogP contribution in [-0.2, 0) is 9.59 Å². The SMILES string of the molecule is CCCCCCCC.CCCCCCCC.CCCCCCCCCCCCCCCC(=O)O.CCCCCCCCCCCCCCCC(=O)O.[Sn]. The fraction of sp³-hybridized carbons (Fsp3) is 0.958. The number of hydrogen-bond acceptors (Lipinski definition) is 2. The number of rotatable bonds is 38. The van der Waals surface area contributed by atoms with Gasteiger partial charge in [-0.2, -0.15) is 0 Å². The van der Waals surface area contributed by atoms with E-state index in [-0.39, 0.29) is 23.9 Å². The van der Waals surface area contributed by atoms with Crippen LogP contribution in [0.2, 0.25) is 0 Å². The summed E-state index contributed by atoms with van der Waals surface area (Å²) >= 11 is 0. The fourth-order valence-corrected chi connectivity index (χ4v) is 6.30. The molecule has 0 aromatic rings. The third-order valence-corrected chi connectivity index (χ3v) is 9.90. The minimum atomic E-state index is -0.655. The molecule has 0 aromatic carbocycles. The molecule has 0 spiro atoms. The van der Waals surface area contributed by atoms with Crippen LogP contribution in [0.1, 0.15) is 298 Å². The molecule has 0 bridgehead atoms. The van der Waals surface area contributed by atoms with Crippen molar-refractivity contribution < 1.29 is 19.8 Å². The minimum Gasteiger partial charge on any atom is -0.481 e. The maximum Gasteiger partial charge on any atom is 0.303 e. The summed E-state index contributed by atoms with van der Waals surface area (Å²) in [7, 11) is 0. The summed E-state index contributed by atoms with van der Waals surface area (Å²) in [6, 6.07) is 0. The maximum atomic E-state index is 10.3. The van der Waals surface area contributed by atoms with Gasteiger partial charge in [-0.3, -0.25) is 9.59 Å². The molecule has 0 unspecified atom stereocenters. The predicted octanol–water partition coefficient (Wildman–Crippen LogP) is 17.5. The number of carboxylic acids is 2. The molecule has 320 valence electrons. The third-order valence-electron chi connectivity index (χ3n) is 9.90. The van der Waals surface area contributed by atoms with Crippen LogP contribution in [0.5, 0.6) is 0 Å². The zero-order chi connectivity index (χ0) is 39.4. The van der Waals surface area contributed by atoms with E-state index in [9.17, 15) is 9.59 Å². The first-order valence-electron chi connectivity index (χ1n) is 23.8. The van der Waals surface area contributed by atoms with Crippen LogP contribution in [0, 0.1) is 0 Å². The van der Waals surface area contributed by atoms with Crippen molar-refractivity contribution in [2.24, 2.45) is 0 Å². The van der Waals surface area contributed by atoms with Crippen molar-refractivity contribution in [3.63, 3.8) is 0 Å². The predicted molar refractivity (Wildman–Crippen MR) is 240 cm³/mol. The fourth-order valence-electron chi connectivity index (χ4n) is 6.30. The average molecular weight is 860 g/mol. The first-order valence-corrected chi connectivity index (χ1v) is 23.8. The summed E-state index contributed by atoms with van der Waals surface area (Å²) < 4.78 is 0. The van der Waals surface area contributed by atoms with Gasteiger partial charge in [0.05, 0.1) is 0 Å². The van der Waals surface area contributed by atoms with E-state index >= 15 is 0 Å². The quantitative estimate of drug-likeness (QED) is 0.0479. The van der Waals surface area contributed by atoms with Crippen molar-refractivity contribution in [1.82, 2.24) is 0 Å². The van der Waals surface area contributed by atoms with Crippen LogP contribution < -0.4 is 0 Å². The molecule has 0 saturated carbocycles. The Morgan fingerprint density at radius 2 is 0.358 bits per heavy atom. The normalized spacial score (nSPS) is 10.2. The molecule has 0 fully saturated rings. The molecule has 0 aliphatic rings. The van der Waals surface area contributed by atoms with Crippen LogP contribution >= 0.6 is 0 Å². The van der Waals surface area contributed by atoms with E-state index < -0.39 is 11.9 Å². The van der Waals surface area contributed by atoms with E-state index in [0.29, 0.717) is 12.8 Å². The number of hydrogen-bond donors (Lipinski definition) is 2. The zero-order valence-corrected chi connectivity index (χ0v) is 40.3. The second-order valence-corrected chi connectivity index (χ2v) is 15.6. The van der Waals surface area contributed by atoms with Crippen molar-refractivity contribution in [3.8, 4) is 0 Å². The van der Waals surface area contributed by atoms with Gasteiger partial charge in [-0.05, 0) is 12.8 Å². The van der Waals surface area contributed by atoms with Gasteiger partial charge in [0.25, 0.3) is 0 Å². The van der Waals surface area contributed by atoms with E-state index in [1.165, 1.54) is 218 Å². The van der Waals surface area contributed by atoms with Gasteiger partial charge in [0, 0.05) is 36.7 Å². The molecule has 0 aliphatic heterocycles. The summed E-state index contributed by atoms with van der Waals surface area (Å²) in [6.07, 6.45) is 51.5. The van der Waals surface area contributed by atoms with Gasteiger partial charge in [-0.1, -0.05) is 273 Å². The Morgan fingerprint density at radius 3 is 0.472 bits per heavy atom. The average Bonchev–Trinajstić information content (AvgIpc) is 3.13. The van der Waals surface area contributed by atoms with Gasteiger partial charge in [-0.15, -0.1) is 0 Å². The van der Waals surface area contributed by atoms with E-state index in [1.54, 1.807) is 0 Å². The monoisotopic (exact) mass is 861 g/mol. The Bertz CT molecular complexity index is 548. The summed E-state index contributed by atoms with van der Waals surface area (Å²) in [4.78, 5) is 20.6. The van der Waals surface area contributed by atoms with Crippen molar-refractivity contribution in [2.75, 3.05) is 0 Å². The van der Waals surface area contributed by atoms with E-state index in [0.717, 1.165) is 25.7 Å². The second-order valence-electron chi connectivity index (χ2n) is 15.6. The molecule has 4 radical (unpaired) electrons. The number of unbranched alkanes of at least 4 members (excludes halogenated alkanes) is 34. The minimum absolute atomic E-state index is 0. The van der Waals surface area contributed by atoms with Crippen molar-refractivity contribution in [3.05, 3.63) is 0 Å². The van der Waals surface area contributed by atoms with E-state index in [2.05, 4.69) is 41.5 Å².